The van der Waals surface area contributed by atoms with Crippen LogP contribution in [0.15, 0.2) is 12.2 Å². The van der Waals surface area contributed by atoms with E-state index in [9.17, 15) is 24.9 Å². The fraction of sp³-hybridized carbons (Fsp3) is 0.800. The van der Waals surface area contributed by atoms with Gasteiger partial charge in [0.25, 0.3) is 0 Å². The van der Waals surface area contributed by atoms with Gasteiger partial charge in [0, 0.05) is 17.3 Å². The molecule has 5 heteroatoms. The molecular weight excluding hydrogens is 320 g/mol. The van der Waals surface area contributed by atoms with Gasteiger partial charge in [-0.1, -0.05) is 26.8 Å². The minimum atomic E-state index is -2.18. The van der Waals surface area contributed by atoms with Crippen molar-refractivity contribution in [1.29, 1.82) is 0 Å². The molecule has 5 rings (SSSR count). The molecule has 0 aromatic carbocycles. The molecule has 0 heterocycles. The third-order valence-electron chi connectivity index (χ3n) is 8.85. The normalized spacial score (nSPS) is 58.4. The highest BCUT2D eigenvalue weighted by Crippen LogP contribution is 2.80. The molecule has 5 aliphatic carbocycles. The molecular formula is C20H26O5. The smallest absolute Gasteiger partial charge is 0.172 e. The second-order valence-corrected chi connectivity index (χ2v) is 9.83. The fourth-order valence-corrected chi connectivity index (χ4v) is 8.20. The summed E-state index contributed by atoms with van der Waals surface area (Å²) in [6, 6.07) is 0. The van der Waals surface area contributed by atoms with Crippen LogP contribution in [0.2, 0.25) is 0 Å². The van der Waals surface area contributed by atoms with Gasteiger partial charge in [0.2, 0.25) is 0 Å². The molecule has 5 nitrogen and oxygen atoms in total. The summed E-state index contributed by atoms with van der Waals surface area (Å²) in [6.07, 6.45) is 1.20. The van der Waals surface area contributed by atoms with Crippen LogP contribution in [-0.4, -0.2) is 44.7 Å². The predicted octanol–water partition coefficient (Wildman–Crippen LogP) is 1.000. The van der Waals surface area contributed by atoms with E-state index in [0.717, 1.165) is 12.8 Å². The molecule has 0 radical (unpaired) electrons. The Morgan fingerprint density at radius 2 is 1.80 bits per heavy atom. The lowest BCUT2D eigenvalue weighted by atomic mass is 9.44. The standard InChI is InChI=1S/C20H26O5/c1-9-10-5-6-11-18-8-4-7-17(2,3)12(18)15(23)20(25,16(18)24)19(11,13(9)21)14(10)22/h10-12,14,16,22,24-25H,1,4-8H2,2-3H3/t10-,11?,12+,14+,16+,18+,19-,20+/m0/s1. The van der Waals surface area contributed by atoms with Gasteiger partial charge >= 0.3 is 0 Å². The molecule has 3 N–H and O–H groups in total. The maximum absolute atomic E-state index is 13.5. The molecule has 8 atom stereocenters. The van der Waals surface area contributed by atoms with Gasteiger partial charge in [0.1, 0.15) is 5.41 Å². The first-order valence-corrected chi connectivity index (χ1v) is 9.46. The van der Waals surface area contributed by atoms with E-state index in [2.05, 4.69) is 6.58 Å². The number of fused-ring (bicyclic) bond motifs is 2. The number of ketones is 2. The van der Waals surface area contributed by atoms with Crippen LogP contribution in [0, 0.1) is 34.0 Å². The van der Waals surface area contributed by atoms with Crippen molar-refractivity contribution in [2.45, 2.75) is 63.8 Å². The number of hydrogen-bond donors (Lipinski definition) is 3. The summed E-state index contributed by atoms with van der Waals surface area (Å²) < 4.78 is 0. The molecule has 0 amide bonds. The summed E-state index contributed by atoms with van der Waals surface area (Å²) in [4.78, 5) is 26.7. The minimum absolute atomic E-state index is 0.319. The van der Waals surface area contributed by atoms with E-state index in [4.69, 9.17) is 0 Å². The summed E-state index contributed by atoms with van der Waals surface area (Å²) >= 11 is 0. The van der Waals surface area contributed by atoms with Gasteiger partial charge in [-0.15, -0.1) is 0 Å². The zero-order chi connectivity index (χ0) is 18.2. The lowest BCUT2D eigenvalue weighted by molar-refractivity contribution is -0.201. The van der Waals surface area contributed by atoms with E-state index in [0.29, 0.717) is 24.8 Å². The van der Waals surface area contributed by atoms with Crippen molar-refractivity contribution in [2.24, 2.45) is 34.0 Å². The molecule has 0 aromatic rings. The Morgan fingerprint density at radius 1 is 1.12 bits per heavy atom. The zero-order valence-electron chi connectivity index (χ0n) is 14.8. The summed E-state index contributed by atoms with van der Waals surface area (Å²) in [5.74, 6) is -2.04. The van der Waals surface area contributed by atoms with Gasteiger partial charge in [-0.25, -0.2) is 0 Å². The molecule has 2 spiro atoms. The quantitative estimate of drug-likeness (QED) is 0.569. The summed E-state index contributed by atoms with van der Waals surface area (Å²) in [5.41, 5.74) is -4.59. The molecule has 0 saturated heterocycles. The van der Waals surface area contributed by atoms with E-state index in [1.807, 2.05) is 13.8 Å². The largest absolute Gasteiger partial charge is 0.391 e. The maximum Gasteiger partial charge on any atom is 0.172 e. The first kappa shape index (κ1) is 16.2. The highest BCUT2D eigenvalue weighted by atomic mass is 16.4. The van der Waals surface area contributed by atoms with Crippen molar-refractivity contribution >= 4 is 11.6 Å². The van der Waals surface area contributed by atoms with Crippen molar-refractivity contribution in [2.75, 3.05) is 0 Å². The van der Waals surface area contributed by atoms with E-state index in [-0.39, 0.29) is 17.1 Å². The monoisotopic (exact) mass is 346 g/mol. The third-order valence-corrected chi connectivity index (χ3v) is 8.85. The van der Waals surface area contributed by atoms with Crippen LogP contribution < -0.4 is 0 Å². The SMILES string of the molecule is C=C1C(=O)[C@@]23C(CC[C@@H]1[C@H]2O)[C@]12CCCC(C)(C)[C@H]1C(=O)[C@@]3(O)[C@@H]2O. The van der Waals surface area contributed by atoms with Crippen LogP contribution >= 0.6 is 0 Å². The second kappa shape index (κ2) is 4.10. The molecule has 25 heavy (non-hydrogen) atoms. The van der Waals surface area contributed by atoms with Gasteiger partial charge < -0.3 is 15.3 Å². The van der Waals surface area contributed by atoms with E-state index >= 15 is 0 Å². The number of Topliss-reactive ketones (excluding diaryl/α,β-unsaturated/α-hetero) is 2. The minimum Gasteiger partial charge on any atom is -0.391 e. The van der Waals surface area contributed by atoms with Crippen LogP contribution in [0.25, 0.3) is 0 Å². The Bertz CT molecular complexity index is 740. The number of rotatable bonds is 0. The summed E-state index contributed by atoms with van der Waals surface area (Å²) in [5, 5.41) is 34.0. The zero-order valence-corrected chi connectivity index (χ0v) is 14.8. The Balaban J connectivity index is 1.83. The highest BCUT2D eigenvalue weighted by molar-refractivity contribution is 6.12. The van der Waals surface area contributed by atoms with Crippen LogP contribution in [0.4, 0.5) is 0 Å². The van der Waals surface area contributed by atoms with Crippen LogP contribution in [-0.2, 0) is 9.59 Å². The van der Waals surface area contributed by atoms with Crippen LogP contribution in [0.1, 0.15) is 46.0 Å². The molecule has 4 bridgehead atoms. The highest BCUT2D eigenvalue weighted by Gasteiger charge is 2.92. The van der Waals surface area contributed by atoms with Crippen LogP contribution in [0.3, 0.4) is 0 Å². The molecule has 5 aliphatic rings. The Kier molecular flexibility index (Phi) is 2.65. The van der Waals surface area contributed by atoms with Gasteiger partial charge in [-0.3, -0.25) is 9.59 Å². The summed E-state index contributed by atoms with van der Waals surface area (Å²) in [6.45, 7) is 7.92. The number of hydrogen-bond acceptors (Lipinski definition) is 5. The van der Waals surface area contributed by atoms with Crippen molar-refractivity contribution < 1.29 is 24.9 Å². The van der Waals surface area contributed by atoms with Crippen molar-refractivity contribution in [3.05, 3.63) is 12.2 Å². The van der Waals surface area contributed by atoms with Crippen molar-refractivity contribution in [1.82, 2.24) is 0 Å². The average Bonchev–Trinajstić information content (AvgIpc) is 2.87. The molecule has 136 valence electrons. The topological polar surface area (TPSA) is 94.8 Å². The molecule has 5 fully saturated rings. The lowest BCUT2D eigenvalue weighted by Gasteiger charge is -2.58. The van der Waals surface area contributed by atoms with Crippen molar-refractivity contribution in [3.8, 4) is 0 Å². The predicted molar refractivity (Wildman–Crippen MR) is 88.3 cm³/mol. The number of carbonyl (C=O) groups excluding carboxylic acids is 2. The van der Waals surface area contributed by atoms with E-state index < -0.39 is 46.3 Å². The van der Waals surface area contributed by atoms with Crippen molar-refractivity contribution in [3.63, 3.8) is 0 Å². The maximum atomic E-state index is 13.5. The van der Waals surface area contributed by atoms with Gasteiger partial charge in [0.05, 0.1) is 12.2 Å². The Hall–Kier alpha value is -1.04. The van der Waals surface area contributed by atoms with Gasteiger partial charge in [-0.2, -0.15) is 0 Å². The molecule has 0 aromatic heterocycles. The number of aliphatic hydroxyl groups excluding tert-OH is 2. The number of aliphatic hydroxyl groups is 3. The Morgan fingerprint density at radius 3 is 2.48 bits per heavy atom. The second-order valence-electron chi connectivity index (χ2n) is 9.83. The number of carbonyl (C=O) groups is 2. The van der Waals surface area contributed by atoms with E-state index in [1.165, 1.54) is 0 Å². The average molecular weight is 346 g/mol. The van der Waals surface area contributed by atoms with E-state index in [1.54, 1.807) is 0 Å². The molecule has 1 unspecified atom stereocenters. The molecule has 5 saturated carbocycles. The molecule has 0 aliphatic heterocycles. The third kappa shape index (κ3) is 1.22. The first-order chi connectivity index (χ1) is 11.6. The summed E-state index contributed by atoms with van der Waals surface area (Å²) in [7, 11) is 0. The lowest BCUT2D eigenvalue weighted by Crippen LogP contribution is -2.68. The fourth-order valence-electron chi connectivity index (χ4n) is 8.20. The Labute approximate surface area is 147 Å². The first-order valence-electron chi connectivity index (χ1n) is 9.46. The van der Waals surface area contributed by atoms with Crippen LogP contribution in [0.5, 0.6) is 0 Å². The van der Waals surface area contributed by atoms with Gasteiger partial charge in [-0.05, 0) is 42.6 Å². The van der Waals surface area contributed by atoms with Gasteiger partial charge in [0.15, 0.2) is 17.2 Å².